The lowest BCUT2D eigenvalue weighted by Crippen LogP contribution is -2.39. The summed E-state index contributed by atoms with van der Waals surface area (Å²) in [5.74, 6) is 1.37. The quantitative estimate of drug-likeness (QED) is 0.819. The second kappa shape index (κ2) is 8.92. The fourth-order valence-electron chi connectivity index (χ4n) is 2.99. The molecule has 0 bridgehead atoms. The first-order valence-electron chi connectivity index (χ1n) is 8.61. The van der Waals surface area contributed by atoms with Crippen LogP contribution >= 0.6 is 11.5 Å². The molecule has 1 aliphatic heterocycles. The van der Waals surface area contributed by atoms with Crippen molar-refractivity contribution in [2.24, 2.45) is 5.92 Å². The van der Waals surface area contributed by atoms with Crippen LogP contribution < -0.4 is 10.2 Å². The summed E-state index contributed by atoms with van der Waals surface area (Å²) < 4.78 is 9.33. The normalized spacial score (nSPS) is 15.3. The van der Waals surface area contributed by atoms with E-state index in [9.17, 15) is 4.79 Å². The van der Waals surface area contributed by atoms with E-state index in [4.69, 9.17) is 9.72 Å². The van der Waals surface area contributed by atoms with E-state index in [1.807, 2.05) is 18.2 Å². The number of carbonyl (C=O) groups excluding carboxylic acids is 1. The van der Waals surface area contributed by atoms with Crippen LogP contribution in [0.25, 0.3) is 0 Å². The zero-order chi connectivity index (χ0) is 17.5. The number of carbonyl (C=O) groups is 1. The van der Waals surface area contributed by atoms with Crippen LogP contribution in [0.15, 0.2) is 30.3 Å². The standard InChI is InChI=1S/C18H24N4O2S/c1-24-13-17(23)19-12-15-7-9-22(10-8-15)18-20-16(21-25-18)11-14-5-3-2-4-6-14/h2-6,15H,7-13H2,1H3,(H,19,23). The van der Waals surface area contributed by atoms with Gasteiger partial charge in [0.25, 0.3) is 0 Å². The topological polar surface area (TPSA) is 67.3 Å². The van der Waals surface area contributed by atoms with E-state index in [0.717, 1.165) is 49.9 Å². The average molecular weight is 360 g/mol. The van der Waals surface area contributed by atoms with Crippen molar-refractivity contribution in [1.82, 2.24) is 14.7 Å². The van der Waals surface area contributed by atoms with Crippen LogP contribution in [0.1, 0.15) is 24.2 Å². The van der Waals surface area contributed by atoms with E-state index >= 15 is 0 Å². The molecule has 1 fully saturated rings. The van der Waals surface area contributed by atoms with Crippen molar-refractivity contribution in [2.45, 2.75) is 19.3 Å². The van der Waals surface area contributed by atoms with E-state index in [1.165, 1.54) is 24.2 Å². The molecule has 1 aromatic carbocycles. The molecule has 6 nitrogen and oxygen atoms in total. The molecule has 0 aliphatic carbocycles. The highest BCUT2D eigenvalue weighted by molar-refractivity contribution is 7.09. The molecule has 7 heteroatoms. The molecular weight excluding hydrogens is 336 g/mol. The first-order chi connectivity index (χ1) is 12.2. The third-order valence-corrected chi connectivity index (χ3v) is 5.23. The van der Waals surface area contributed by atoms with Crippen LogP contribution in [0, 0.1) is 5.92 Å². The molecule has 2 heterocycles. The molecule has 1 amide bonds. The Hall–Kier alpha value is -1.99. The Morgan fingerprint density at radius 2 is 2.08 bits per heavy atom. The van der Waals surface area contributed by atoms with E-state index in [2.05, 4.69) is 26.7 Å². The largest absolute Gasteiger partial charge is 0.375 e. The lowest BCUT2D eigenvalue weighted by atomic mass is 9.97. The van der Waals surface area contributed by atoms with Gasteiger partial charge in [0.15, 0.2) is 0 Å². The summed E-state index contributed by atoms with van der Waals surface area (Å²) in [5, 5.41) is 3.94. The van der Waals surface area contributed by atoms with Gasteiger partial charge in [-0.15, -0.1) is 0 Å². The molecule has 1 aromatic heterocycles. The second-order valence-electron chi connectivity index (χ2n) is 6.32. The van der Waals surface area contributed by atoms with Crippen LogP contribution in [0.2, 0.25) is 0 Å². The highest BCUT2D eigenvalue weighted by Gasteiger charge is 2.22. The molecule has 1 aliphatic rings. The number of nitrogens with one attached hydrogen (secondary N) is 1. The number of rotatable bonds is 7. The third-order valence-electron chi connectivity index (χ3n) is 4.41. The number of aromatic nitrogens is 2. The Labute approximate surface area is 152 Å². The average Bonchev–Trinajstić information content (AvgIpc) is 3.10. The number of nitrogens with zero attached hydrogens (tertiary/aromatic N) is 3. The van der Waals surface area contributed by atoms with Crippen molar-refractivity contribution in [3.63, 3.8) is 0 Å². The van der Waals surface area contributed by atoms with Gasteiger partial charge in [0, 0.05) is 44.7 Å². The smallest absolute Gasteiger partial charge is 0.245 e. The van der Waals surface area contributed by atoms with Crippen LogP contribution in [0.3, 0.4) is 0 Å². The minimum atomic E-state index is -0.0420. The molecule has 1 N–H and O–H groups in total. The molecule has 0 spiro atoms. The maximum absolute atomic E-state index is 11.5. The Kier molecular flexibility index (Phi) is 6.36. The lowest BCUT2D eigenvalue weighted by Gasteiger charge is -2.31. The van der Waals surface area contributed by atoms with E-state index in [1.54, 1.807) is 0 Å². The number of hydrogen-bond acceptors (Lipinski definition) is 6. The number of anilines is 1. The van der Waals surface area contributed by atoms with Crippen molar-refractivity contribution in [2.75, 3.05) is 38.3 Å². The molecule has 3 rings (SSSR count). The Morgan fingerprint density at radius 3 is 2.80 bits per heavy atom. The molecule has 0 unspecified atom stereocenters. The predicted octanol–water partition coefficient (Wildman–Crippen LogP) is 2.11. The summed E-state index contributed by atoms with van der Waals surface area (Å²) in [6.45, 7) is 2.79. The number of methoxy groups -OCH3 is 1. The first-order valence-corrected chi connectivity index (χ1v) is 9.39. The second-order valence-corrected chi connectivity index (χ2v) is 7.05. The highest BCUT2D eigenvalue weighted by Crippen LogP contribution is 2.25. The van der Waals surface area contributed by atoms with Crippen LogP contribution in [0.5, 0.6) is 0 Å². The van der Waals surface area contributed by atoms with Gasteiger partial charge >= 0.3 is 0 Å². The van der Waals surface area contributed by atoms with Crippen LogP contribution in [-0.2, 0) is 16.0 Å². The summed E-state index contributed by atoms with van der Waals surface area (Å²) in [7, 11) is 1.53. The fraction of sp³-hybridized carbons (Fsp3) is 0.500. The molecular formula is C18H24N4O2S. The zero-order valence-electron chi connectivity index (χ0n) is 14.5. The number of piperidine rings is 1. The van der Waals surface area contributed by atoms with Gasteiger partial charge in [-0.2, -0.15) is 4.37 Å². The molecule has 134 valence electrons. The van der Waals surface area contributed by atoms with Gasteiger partial charge in [0.2, 0.25) is 11.0 Å². The number of hydrogen-bond donors (Lipinski definition) is 1. The van der Waals surface area contributed by atoms with Gasteiger partial charge in [0.1, 0.15) is 12.4 Å². The van der Waals surface area contributed by atoms with Crippen molar-refractivity contribution >= 4 is 22.6 Å². The highest BCUT2D eigenvalue weighted by atomic mass is 32.1. The Balaban J connectivity index is 1.46. The molecule has 0 atom stereocenters. The Bertz CT molecular complexity index is 669. The molecule has 2 aromatic rings. The maximum atomic E-state index is 11.5. The first kappa shape index (κ1) is 17.8. The van der Waals surface area contributed by atoms with Gasteiger partial charge in [-0.25, -0.2) is 4.98 Å². The third kappa shape index (κ3) is 5.24. The number of ether oxygens (including phenoxy) is 1. The maximum Gasteiger partial charge on any atom is 0.245 e. The van der Waals surface area contributed by atoms with Gasteiger partial charge in [-0.1, -0.05) is 30.3 Å². The molecule has 25 heavy (non-hydrogen) atoms. The molecule has 1 saturated heterocycles. The van der Waals surface area contributed by atoms with Crippen molar-refractivity contribution < 1.29 is 9.53 Å². The summed E-state index contributed by atoms with van der Waals surface area (Å²) in [6.07, 6.45) is 2.89. The molecule has 0 saturated carbocycles. The van der Waals surface area contributed by atoms with Gasteiger partial charge in [0.05, 0.1) is 0 Å². The van der Waals surface area contributed by atoms with Crippen molar-refractivity contribution in [1.29, 1.82) is 0 Å². The zero-order valence-corrected chi connectivity index (χ0v) is 15.3. The van der Waals surface area contributed by atoms with E-state index < -0.39 is 0 Å². The van der Waals surface area contributed by atoms with E-state index in [0.29, 0.717) is 5.92 Å². The molecule has 0 radical (unpaired) electrons. The van der Waals surface area contributed by atoms with Crippen LogP contribution in [-0.4, -0.2) is 48.6 Å². The summed E-state index contributed by atoms with van der Waals surface area (Å²) in [5.41, 5.74) is 1.23. The lowest BCUT2D eigenvalue weighted by molar-refractivity contribution is -0.124. The SMILES string of the molecule is COCC(=O)NCC1CCN(c2nc(Cc3ccccc3)ns2)CC1. The fourth-order valence-corrected chi connectivity index (χ4v) is 3.73. The van der Waals surface area contributed by atoms with Gasteiger partial charge < -0.3 is 15.0 Å². The number of benzene rings is 1. The summed E-state index contributed by atoms with van der Waals surface area (Å²) >= 11 is 1.48. The monoisotopic (exact) mass is 360 g/mol. The van der Waals surface area contributed by atoms with Crippen molar-refractivity contribution in [3.05, 3.63) is 41.7 Å². The van der Waals surface area contributed by atoms with Crippen LogP contribution in [0.4, 0.5) is 5.13 Å². The van der Waals surface area contributed by atoms with Gasteiger partial charge in [-0.05, 0) is 24.3 Å². The summed E-state index contributed by atoms with van der Waals surface area (Å²) in [4.78, 5) is 18.5. The van der Waals surface area contributed by atoms with E-state index in [-0.39, 0.29) is 12.5 Å². The minimum absolute atomic E-state index is 0.0420. The van der Waals surface area contributed by atoms with Crippen molar-refractivity contribution in [3.8, 4) is 0 Å². The summed E-state index contributed by atoms with van der Waals surface area (Å²) in [6, 6.07) is 10.3. The Morgan fingerprint density at radius 1 is 1.32 bits per heavy atom. The predicted molar refractivity (Wildman–Crippen MR) is 99.0 cm³/mol. The minimum Gasteiger partial charge on any atom is -0.375 e. The number of amides is 1. The van der Waals surface area contributed by atoms with Gasteiger partial charge in [-0.3, -0.25) is 4.79 Å².